The first kappa shape index (κ1) is 26.8. The highest BCUT2D eigenvalue weighted by Crippen LogP contribution is 2.23. The number of aromatic amines is 1. The van der Waals surface area contributed by atoms with Gasteiger partial charge in [-0.05, 0) is 47.5 Å². The smallest absolute Gasteiger partial charge is 0.332 e. The molecular weight excluding hydrogens is 537 g/mol. The van der Waals surface area contributed by atoms with E-state index in [1.54, 1.807) is 72.3 Å². The lowest BCUT2D eigenvalue weighted by Crippen LogP contribution is -2.40. The van der Waals surface area contributed by atoms with E-state index in [9.17, 15) is 14.0 Å². The second-order valence-corrected chi connectivity index (χ2v) is 9.92. The summed E-state index contributed by atoms with van der Waals surface area (Å²) in [7, 11) is 3.18. The fourth-order valence-corrected chi connectivity index (χ4v) is 4.96. The largest absolute Gasteiger partial charge is 0.497 e. The Morgan fingerprint density at radius 3 is 2.05 bits per heavy atom. The summed E-state index contributed by atoms with van der Waals surface area (Å²) in [5.74, 6) is 1.08. The van der Waals surface area contributed by atoms with Crippen LogP contribution in [-0.4, -0.2) is 38.1 Å². The van der Waals surface area contributed by atoms with Gasteiger partial charge in [0, 0.05) is 17.3 Å². The number of hydrogen-bond acceptors (Lipinski definition) is 5. The van der Waals surface area contributed by atoms with E-state index in [1.807, 2.05) is 36.4 Å². The van der Waals surface area contributed by atoms with Crippen LogP contribution in [0, 0.1) is 5.82 Å². The monoisotopic (exact) mass is 565 g/mol. The number of aromatic nitrogens is 5. The van der Waals surface area contributed by atoms with Crippen molar-refractivity contribution in [3.05, 3.63) is 135 Å². The van der Waals surface area contributed by atoms with Gasteiger partial charge in [0.05, 0.1) is 51.3 Å². The van der Waals surface area contributed by atoms with Gasteiger partial charge in [0.15, 0.2) is 0 Å². The topological polar surface area (TPSA) is 96.1 Å². The Labute approximate surface area is 240 Å². The summed E-state index contributed by atoms with van der Waals surface area (Å²) in [4.78, 5) is 30.8. The van der Waals surface area contributed by atoms with Crippen LogP contribution in [0.1, 0.15) is 16.7 Å². The van der Waals surface area contributed by atoms with Crippen molar-refractivity contribution in [3.8, 4) is 22.8 Å². The number of ether oxygens (including phenoxy) is 2. The molecule has 0 radical (unpaired) electrons. The van der Waals surface area contributed by atoms with Gasteiger partial charge in [-0.1, -0.05) is 42.5 Å². The third-order valence-corrected chi connectivity index (χ3v) is 7.24. The average Bonchev–Trinajstić information content (AvgIpc) is 3.67. The van der Waals surface area contributed by atoms with E-state index in [4.69, 9.17) is 9.47 Å². The van der Waals surface area contributed by atoms with Crippen LogP contribution in [0.3, 0.4) is 0 Å². The Morgan fingerprint density at radius 2 is 1.43 bits per heavy atom. The normalized spacial score (nSPS) is 11.2. The first-order valence-corrected chi connectivity index (χ1v) is 13.3. The number of halogens is 1. The molecule has 6 aromatic rings. The second-order valence-electron chi connectivity index (χ2n) is 9.92. The van der Waals surface area contributed by atoms with E-state index in [2.05, 4.69) is 10.1 Å². The van der Waals surface area contributed by atoms with Crippen LogP contribution in [0.5, 0.6) is 11.5 Å². The van der Waals surface area contributed by atoms with Crippen LogP contribution in [-0.2, 0) is 19.6 Å². The number of fused-ring (bicyclic) bond motifs is 1. The summed E-state index contributed by atoms with van der Waals surface area (Å²) in [6.45, 7) is 0.588. The fourth-order valence-electron chi connectivity index (χ4n) is 4.96. The molecule has 0 fully saturated rings. The van der Waals surface area contributed by atoms with Crippen LogP contribution >= 0.6 is 0 Å². The molecule has 0 unspecified atom stereocenters. The summed E-state index contributed by atoms with van der Waals surface area (Å²) in [5.41, 5.74) is 3.40. The molecule has 0 bridgehead atoms. The number of rotatable bonds is 9. The molecule has 212 valence electrons. The lowest BCUT2D eigenvalue weighted by atomic mass is 10.2. The van der Waals surface area contributed by atoms with Gasteiger partial charge in [-0.15, -0.1) is 0 Å². The SMILES string of the molecule is COc1ccc(Cn2c(=O)c3[nH]c(-c4cnn(Cc5ccccc5F)c4)cc3n(Cc3ccc(OC)cc3)c2=O)cc1. The zero-order valence-corrected chi connectivity index (χ0v) is 23.1. The van der Waals surface area contributed by atoms with Crippen molar-refractivity contribution in [2.45, 2.75) is 19.6 Å². The third-order valence-electron chi connectivity index (χ3n) is 7.24. The van der Waals surface area contributed by atoms with E-state index in [0.717, 1.165) is 11.1 Å². The van der Waals surface area contributed by atoms with Crippen molar-refractivity contribution in [2.24, 2.45) is 0 Å². The molecule has 9 nitrogen and oxygen atoms in total. The highest BCUT2D eigenvalue weighted by molar-refractivity contribution is 5.82. The molecule has 6 rings (SSSR count). The van der Waals surface area contributed by atoms with Crippen LogP contribution in [0.2, 0.25) is 0 Å². The van der Waals surface area contributed by atoms with E-state index < -0.39 is 11.2 Å². The highest BCUT2D eigenvalue weighted by atomic mass is 19.1. The van der Waals surface area contributed by atoms with Crippen LogP contribution in [0.15, 0.2) is 101 Å². The first-order valence-electron chi connectivity index (χ1n) is 13.3. The lowest BCUT2D eigenvalue weighted by Gasteiger charge is -2.13. The van der Waals surface area contributed by atoms with Gasteiger partial charge < -0.3 is 14.5 Å². The molecule has 0 amide bonds. The molecule has 10 heteroatoms. The van der Waals surface area contributed by atoms with Gasteiger partial charge in [-0.3, -0.25) is 18.6 Å². The number of hydrogen-bond donors (Lipinski definition) is 1. The Kier molecular flexibility index (Phi) is 7.18. The van der Waals surface area contributed by atoms with E-state index in [-0.39, 0.29) is 25.5 Å². The average molecular weight is 566 g/mol. The summed E-state index contributed by atoms with van der Waals surface area (Å²) in [6.07, 6.45) is 3.42. The summed E-state index contributed by atoms with van der Waals surface area (Å²) in [6, 6.07) is 23.0. The molecule has 3 aromatic heterocycles. The Hall–Kier alpha value is -5.38. The zero-order chi connectivity index (χ0) is 29.2. The molecule has 3 aromatic carbocycles. The molecule has 0 aliphatic heterocycles. The van der Waals surface area contributed by atoms with Crippen LogP contribution in [0.4, 0.5) is 4.39 Å². The molecule has 1 N–H and O–H groups in total. The van der Waals surface area contributed by atoms with Gasteiger partial charge >= 0.3 is 5.69 Å². The molecule has 0 aliphatic rings. The number of benzene rings is 3. The van der Waals surface area contributed by atoms with Crippen molar-refractivity contribution in [2.75, 3.05) is 14.2 Å². The number of H-pyrrole nitrogens is 1. The van der Waals surface area contributed by atoms with Gasteiger partial charge in [0.1, 0.15) is 22.8 Å². The molecule has 0 saturated heterocycles. The van der Waals surface area contributed by atoms with E-state index in [0.29, 0.717) is 39.4 Å². The second kappa shape index (κ2) is 11.2. The van der Waals surface area contributed by atoms with Gasteiger partial charge in [-0.25, -0.2) is 9.18 Å². The maximum Gasteiger partial charge on any atom is 0.332 e. The van der Waals surface area contributed by atoms with Crippen molar-refractivity contribution in [1.29, 1.82) is 0 Å². The van der Waals surface area contributed by atoms with Gasteiger partial charge in [-0.2, -0.15) is 5.10 Å². The van der Waals surface area contributed by atoms with Crippen LogP contribution < -0.4 is 20.7 Å². The molecule has 3 heterocycles. The Bertz CT molecular complexity index is 1990. The number of nitrogens with zero attached hydrogens (tertiary/aromatic N) is 4. The minimum absolute atomic E-state index is 0.0924. The molecule has 42 heavy (non-hydrogen) atoms. The zero-order valence-electron chi connectivity index (χ0n) is 23.1. The summed E-state index contributed by atoms with van der Waals surface area (Å²) < 4.78 is 29.2. The molecule has 0 saturated carbocycles. The van der Waals surface area contributed by atoms with Crippen molar-refractivity contribution < 1.29 is 13.9 Å². The third kappa shape index (κ3) is 5.22. The van der Waals surface area contributed by atoms with Gasteiger partial charge in [0.2, 0.25) is 0 Å². The lowest BCUT2D eigenvalue weighted by molar-refractivity contribution is 0.414. The van der Waals surface area contributed by atoms with E-state index in [1.165, 1.54) is 10.6 Å². The minimum Gasteiger partial charge on any atom is -0.497 e. The minimum atomic E-state index is -0.431. The molecule has 0 aliphatic carbocycles. The maximum absolute atomic E-state index is 14.2. The van der Waals surface area contributed by atoms with Crippen molar-refractivity contribution >= 4 is 11.0 Å². The quantitative estimate of drug-likeness (QED) is 0.275. The van der Waals surface area contributed by atoms with Crippen molar-refractivity contribution in [1.82, 2.24) is 23.9 Å². The predicted molar refractivity (Wildman–Crippen MR) is 158 cm³/mol. The van der Waals surface area contributed by atoms with Gasteiger partial charge in [0.25, 0.3) is 5.56 Å². The highest BCUT2D eigenvalue weighted by Gasteiger charge is 2.18. The summed E-state index contributed by atoms with van der Waals surface area (Å²) in [5, 5.41) is 4.39. The number of methoxy groups -OCH3 is 2. The Morgan fingerprint density at radius 1 is 0.810 bits per heavy atom. The fraction of sp³-hybridized carbons (Fsp3) is 0.156. The Balaban J connectivity index is 1.43. The van der Waals surface area contributed by atoms with Crippen LogP contribution in [0.25, 0.3) is 22.3 Å². The van der Waals surface area contributed by atoms with E-state index >= 15 is 0 Å². The predicted octanol–water partition coefficient (Wildman–Crippen LogP) is 4.66. The number of nitrogens with one attached hydrogen (secondary N) is 1. The maximum atomic E-state index is 14.2. The van der Waals surface area contributed by atoms with Crippen molar-refractivity contribution in [3.63, 3.8) is 0 Å². The standard InChI is InChI=1S/C32H28FN5O4/c1-41-25-11-7-21(8-12-25)17-37-29-15-28(24-16-34-36(20-24)19-23-5-3-4-6-27(23)33)35-30(29)31(39)38(32(37)40)18-22-9-13-26(42-2)14-10-22/h3-16,20,35H,17-19H2,1-2H3. The molecule has 0 spiro atoms. The summed E-state index contributed by atoms with van der Waals surface area (Å²) >= 11 is 0. The molecule has 0 atom stereocenters. The first-order chi connectivity index (χ1) is 20.4. The molecular formula is C32H28FN5O4.